The van der Waals surface area contributed by atoms with Crippen LogP contribution in [0.1, 0.15) is 22.3 Å². The predicted molar refractivity (Wildman–Crippen MR) is 82.7 cm³/mol. The minimum Gasteiger partial charge on any atom is -0.478 e. The van der Waals surface area contributed by atoms with Crippen LogP contribution in [0.3, 0.4) is 0 Å². The second-order valence-electron chi connectivity index (χ2n) is 5.11. The van der Waals surface area contributed by atoms with Gasteiger partial charge in [0, 0.05) is 6.54 Å². The average Bonchev–Trinajstić information content (AvgIpc) is 2.54. The second-order valence-corrected chi connectivity index (χ2v) is 6.94. The molecule has 0 saturated heterocycles. The molecule has 0 fully saturated rings. The van der Waals surface area contributed by atoms with Crippen molar-refractivity contribution in [1.82, 2.24) is 0 Å². The molecular formula is C16H15NO4S. The zero-order chi connectivity index (χ0) is 15.7. The maximum absolute atomic E-state index is 12.9. The highest BCUT2D eigenvalue weighted by Gasteiger charge is 2.31. The van der Waals surface area contributed by atoms with Crippen LogP contribution in [-0.4, -0.2) is 26.0 Å². The number of rotatable bonds is 3. The van der Waals surface area contributed by atoms with Gasteiger partial charge < -0.3 is 5.11 Å². The number of carbonyl (C=O) groups is 1. The number of sulfonamides is 1. The molecule has 3 rings (SSSR count). The van der Waals surface area contributed by atoms with Crippen molar-refractivity contribution in [2.24, 2.45) is 0 Å². The van der Waals surface area contributed by atoms with Crippen LogP contribution in [0.5, 0.6) is 0 Å². The van der Waals surface area contributed by atoms with Crippen molar-refractivity contribution in [2.45, 2.75) is 17.7 Å². The number of carboxylic acids is 1. The number of fused-ring (bicyclic) bond motifs is 1. The van der Waals surface area contributed by atoms with Gasteiger partial charge in [0.2, 0.25) is 0 Å². The van der Waals surface area contributed by atoms with Gasteiger partial charge in [-0.1, -0.05) is 30.3 Å². The summed E-state index contributed by atoms with van der Waals surface area (Å²) in [5.41, 5.74) is 1.39. The van der Waals surface area contributed by atoms with E-state index in [9.17, 15) is 18.3 Å². The van der Waals surface area contributed by atoms with Gasteiger partial charge in [0.25, 0.3) is 10.0 Å². The van der Waals surface area contributed by atoms with E-state index in [0.717, 1.165) is 12.0 Å². The van der Waals surface area contributed by atoms with E-state index in [1.165, 1.54) is 28.6 Å². The first kappa shape index (κ1) is 14.6. The summed E-state index contributed by atoms with van der Waals surface area (Å²) in [4.78, 5) is 11.1. The fraction of sp³-hybridized carbons (Fsp3) is 0.188. The Hall–Kier alpha value is -2.34. The van der Waals surface area contributed by atoms with Gasteiger partial charge in [-0.3, -0.25) is 4.31 Å². The molecule has 6 heteroatoms. The molecule has 0 bridgehead atoms. The zero-order valence-electron chi connectivity index (χ0n) is 11.8. The van der Waals surface area contributed by atoms with Crippen LogP contribution in [0.2, 0.25) is 0 Å². The number of hydrogen-bond acceptors (Lipinski definition) is 3. The van der Waals surface area contributed by atoms with E-state index in [0.29, 0.717) is 18.7 Å². The molecule has 2 aromatic carbocycles. The minimum absolute atomic E-state index is 0.167. The van der Waals surface area contributed by atoms with E-state index in [-0.39, 0.29) is 10.5 Å². The summed E-state index contributed by atoms with van der Waals surface area (Å²) >= 11 is 0. The molecule has 1 N–H and O–H groups in total. The third-order valence-corrected chi connectivity index (χ3v) is 5.62. The van der Waals surface area contributed by atoms with E-state index in [1.54, 1.807) is 12.1 Å². The van der Waals surface area contributed by atoms with Gasteiger partial charge in [0.1, 0.15) is 4.90 Å². The molecule has 0 unspecified atom stereocenters. The molecule has 0 aliphatic carbocycles. The fourth-order valence-electron chi connectivity index (χ4n) is 2.74. The summed E-state index contributed by atoms with van der Waals surface area (Å²) in [6.07, 6.45) is 1.54. The Kier molecular flexibility index (Phi) is 3.62. The number of aryl methyl sites for hydroxylation is 1. The largest absolute Gasteiger partial charge is 0.478 e. The first-order valence-electron chi connectivity index (χ1n) is 6.95. The maximum Gasteiger partial charge on any atom is 0.337 e. The number of anilines is 1. The second kappa shape index (κ2) is 5.46. The number of carboxylic acid groups (broad SMARTS) is 1. The highest BCUT2D eigenvalue weighted by atomic mass is 32.2. The van der Waals surface area contributed by atoms with Gasteiger partial charge in [-0.25, -0.2) is 13.2 Å². The van der Waals surface area contributed by atoms with Crippen molar-refractivity contribution < 1.29 is 18.3 Å². The Morgan fingerprint density at radius 2 is 1.73 bits per heavy atom. The quantitative estimate of drug-likeness (QED) is 0.944. The summed E-state index contributed by atoms with van der Waals surface area (Å²) in [5, 5.41) is 9.24. The van der Waals surface area contributed by atoms with Gasteiger partial charge >= 0.3 is 5.97 Å². The average molecular weight is 317 g/mol. The molecule has 2 aromatic rings. The zero-order valence-corrected chi connectivity index (χ0v) is 12.6. The van der Waals surface area contributed by atoms with Crippen LogP contribution in [0, 0.1) is 0 Å². The van der Waals surface area contributed by atoms with E-state index < -0.39 is 16.0 Å². The fourth-order valence-corrected chi connectivity index (χ4v) is 4.46. The summed E-state index contributed by atoms with van der Waals surface area (Å²) in [5.74, 6) is -1.25. The van der Waals surface area contributed by atoms with E-state index >= 15 is 0 Å². The lowest BCUT2D eigenvalue weighted by atomic mass is 10.0. The van der Waals surface area contributed by atoms with Crippen LogP contribution in [0.4, 0.5) is 5.69 Å². The third-order valence-electron chi connectivity index (χ3n) is 3.75. The van der Waals surface area contributed by atoms with Crippen LogP contribution >= 0.6 is 0 Å². The van der Waals surface area contributed by atoms with Crippen molar-refractivity contribution in [3.63, 3.8) is 0 Å². The van der Waals surface area contributed by atoms with E-state index in [4.69, 9.17) is 0 Å². The molecule has 114 valence electrons. The maximum atomic E-state index is 12.9. The van der Waals surface area contributed by atoms with Crippen LogP contribution < -0.4 is 4.31 Å². The van der Waals surface area contributed by atoms with E-state index in [1.807, 2.05) is 12.1 Å². The third kappa shape index (κ3) is 2.35. The smallest absolute Gasteiger partial charge is 0.337 e. The Balaban J connectivity index is 2.15. The van der Waals surface area contributed by atoms with Crippen molar-refractivity contribution in [1.29, 1.82) is 0 Å². The van der Waals surface area contributed by atoms with Crippen molar-refractivity contribution in [3.05, 3.63) is 59.7 Å². The predicted octanol–water partition coefficient (Wildman–Crippen LogP) is 2.53. The number of para-hydroxylation sites is 1. The molecule has 0 amide bonds. The lowest BCUT2D eigenvalue weighted by Gasteiger charge is -2.30. The summed E-state index contributed by atoms with van der Waals surface area (Å²) < 4.78 is 27.2. The van der Waals surface area contributed by atoms with Crippen LogP contribution in [0.25, 0.3) is 0 Å². The summed E-state index contributed by atoms with van der Waals surface area (Å²) in [7, 11) is -3.90. The minimum atomic E-state index is -3.90. The van der Waals surface area contributed by atoms with Crippen LogP contribution in [0.15, 0.2) is 53.4 Å². The molecule has 0 spiro atoms. The lowest BCUT2D eigenvalue weighted by molar-refractivity contribution is 0.0692. The van der Waals surface area contributed by atoms with Gasteiger partial charge in [-0.2, -0.15) is 0 Å². The molecule has 1 aliphatic heterocycles. The number of nitrogens with zero attached hydrogens (tertiary/aromatic N) is 1. The lowest BCUT2D eigenvalue weighted by Crippen LogP contribution is -2.36. The molecular weight excluding hydrogens is 302 g/mol. The SMILES string of the molecule is O=C(O)c1ccccc1S(=O)(=O)N1CCCc2ccccc21. The van der Waals surface area contributed by atoms with Gasteiger partial charge in [-0.15, -0.1) is 0 Å². The van der Waals surface area contributed by atoms with Crippen molar-refractivity contribution in [2.75, 3.05) is 10.8 Å². The van der Waals surface area contributed by atoms with Crippen molar-refractivity contribution >= 4 is 21.7 Å². The van der Waals surface area contributed by atoms with Crippen LogP contribution in [-0.2, 0) is 16.4 Å². The molecule has 0 atom stereocenters. The molecule has 1 aliphatic rings. The monoisotopic (exact) mass is 317 g/mol. The number of hydrogen-bond donors (Lipinski definition) is 1. The first-order valence-corrected chi connectivity index (χ1v) is 8.39. The highest BCUT2D eigenvalue weighted by Crippen LogP contribution is 2.32. The standard InChI is InChI=1S/C16H15NO4S/c18-16(19)13-8-2-4-10-15(13)22(20,21)17-11-5-7-12-6-1-3-9-14(12)17/h1-4,6,8-10H,5,7,11H2,(H,18,19). The number of aromatic carboxylic acids is 1. The number of benzene rings is 2. The van der Waals surface area contributed by atoms with E-state index in [2.05, 4.69) is 0 Å². The van der Waals surface area contributed by atoms with Gasteiger partial charge in [0.05, 0.1) is 11.3 Å². The normalized spacial score (nSPS) is 14.5. The topological polar surface area (TPSA) is 74.7 Å². The Bertz CT molecular complexity index is 830. The first-order chi connectivity index (χ1) is 10.5. The molecule has 5 nitrogen and oxygen atoms in total. The Morgan fingerprint density at radius 1 is 1.05 bits per heavy atom. The molecule has 0 aromatic heterocycles. The van der Waals surface area contributed by atoms with Gasteiger partial charge in [-0.05, 0) is 36.6 Å². The van der Waals surface area contributed by atoms with Gasteiger partial charge in [0.15, 0.2) is 0 Å². The molecule has 0 saturated carbocycles. The molecule has 0 radical (unpaired) electrons. The molecule has 1 heterocycles. The summed E-state index contributed by atoms with van der Waals surface area (Å²) in [6.45, 7) is 0.354. The highest BCUT2D eigenvalue weighted by molar-refractivity contribution is 7.93. The summed E-state index contributed by atoms with van der Waals surface area (Å²) in [6, 6.07) is 13.0. The Morgan fingerprint density at radius 3 is 2.50 bits per heavy atom. The van der Waals surface area contributed by atoms with Crippen molar-refractivity contribution in [3.8, 4) is 0 Å². The molecule has 22 heavy (non-hydrogen) atoms. The Labute approximate surface area is 128 Å².